The van der Waals surface area contributed by atoms with Crippen LogP contribution in [0, 0.1) is 5.92 Å². The summed E-state index contributed by atoms with van der Waals surface area (Å²) in [5, 5.41) is 152. The van der Waals surface area contributed by atoms with Gasteiger partial charge in [0.25, 0.3) is 11.8 Å². The summed E-state index contributed by atoms with van der Waals surface area (Å²) in [4.78, 5) is 135. The summed E-state index contributed by atoms with van der Waals surface area (Å²) in [6, 6.07) is 9.89. The van der Waals surface area contributed by atoms with Crippen molar-refractivity contribution in [3.63, 3.8) is 0 Å². The van der Waals surface area contributed by atoms with Crippen molar-refractivity contribution in [2.75, 3.05) is 32.1 Å². The largest absolute Gasteiger partial charge is 0.573 e. The van der Waals surface area contributed by atoms with E-state index >= 15 is 24.0 Å². The number of hydrogen-bond donors (Lipinski definition) is 24. The first-order chi connectivity index (χ1) is 64.4. The van der Waals surface area contributed by atoms with E-state index in [4.69, 9.17) is 72.6 Å². The van der Waals surface area contributed by atoms with E-state index < -0.39 is 297 Å². The molecule has 7 aromatic carbocycles. The van der Waals surface area contributed by atoms with Gasteiger partial charge < -0.3 is 158 Å². The number of halogens is 5. The van der Waals surface area contributed by atoms with Crippen molar-refractivity contribution in [2.24, 2.45) is 17.4 Å². The predicted octanol–water partition coefficient (Wildman–Crippen LogP) is 1.43. The van der Waals surface area contributed by atoms with Gasteiger partial charge in [-0.05, 0) is 152 Å². The highest BCUT2D eigenvalue weighted by Crippen LogP contribution is 2.51. The number of nitrogens with one attached hydrogen (secondary N) is 11. The number of carbonyl (C=O) groups excluding carboxylic acids is 9. The molecule has 0 aromatic heterocycles. The fraction of sp³-hybridized carbons (Fsp3) is 0.427. The lowest BCUT2D eigenvalue weighted by Crippen LogP contribution is -2.65. The van der Waals surface area contributed by atoms with E-state index in [1.807, 2.05) is 0 Å². The van der Waals surface area contributed by atoms with E-state index in [-0.39, 0.29) is 66.3 Å². The van der Waals surface area contributed by atoms with E-state index in [9.17, 15) is 88.5 Å². The molecule has 26 N–H and O–H groups in total. The molecule has 9 amide bonds. The van der Waals surface area contributed by atoms with Crippen LogP contribution in [0.4, 0.5) is 18.9 Å². The molecule has 0 saturated carbocycles. The fourth-order valence-electron chi connectivity index (χ4n) is 16.4. The van der Waals surface area contributed by atoms with E-state index in [0.29, 0.717) is 5.56 Å². The molecule has 8 aliphatic rings. The van der Waals surface area contributed by atoms with Gasteiger partial charge in [0.15, 0.2) is 24.1 Å². The molecule has 1 unspecified atom stereocenters. The zero-order valence-electron chi connectivity index (χ0n) is 73.2. The molecule has 47 heteroatoms. The Morgan fingerprint density at radius 2 is 1.32 bits per heavy atom. The van der Waals surface area contributed by atoms with Gasteiger partial charge in [0.1, 0.15) is 132 Å². The molecule has 0 radical (unpaired) electrons. The van der Waals surface area contributed by atoms with E-state index in [0.717, 1.165) is 78.9 Å². The van der Waals surface area contributed by atoms with E-state index in [2.05, 4.69) is 63.4 Å². The average molecular weight is 1950 g/mol. The molecule has 7 aromatic rings. The number of rotatable bonds is 24. The molecule has 0 spiro atoms. The maximum Gasteiger partial charge on any atom is 0.573 e. The molecular weight excluding hydrogens is 1840 g/mol. The highest BCUT2D eigenvalue weighted by atomic mass is 35.5. The Morgan fingerprint density at radius 3 is 1.97 bits per heavy atom. The molecule has 136 heavy (non-hydrogen) atoms. The summed E-state index contributed by atoms with van der Waals surface area (Å²) in [7, 11) is 1.45. The zero-order chi connectivity index (χ0) is 98.5. The van der Waals surface area contributed by atoms with Crippen LogP contribution in [0.15, 0.2) is 127 Å². The molecule has 3 fully saturated rings. The van der Waals surface area contributed by atoms with Crippen LogP contribution < -0.4 is 89.1 Å². The molecular formula is C89H102Cl2F3N13O29. The van der Waals surface area contributed by atoms with Crippen molar-refractivity contribution in [1.29, 1.82) is 0 Å². The number of nitrogens with two attached hydrogens (primary N) is 2. The van der Waals surface area contributed by atoms with E-state index in [1.165, 1.54) is 63.4 Å². The van der Waals surface area contributed by atoms with Crippen molar-refractivity contribution in [2.45, 2.75) is 207 Å². The van der Waals surface area contributed by atoms with Gasteiger partial charge in [0.2, 0.25) is 53.4 Å². The van der Waals surface area contributed by atoms with Gasteiger partial charge in [0.05, 0.1) is 41.3 Å². The minimum atomic E-state index is -5.03. The predicted molar refractivity (Wildman–Crippen MR) is 468 cm³/mol. The van der Waals surface area contributed by atoms with Crippen molar-refractivity contribution < 1.29 is 155 Å². The first kappa shape index (κ1) is 101. The third kappa shape index (κ3) is 23.3. The Bertz CT molecular complexity index is 5640. The third-order valence-electron chi connectivity index (χ3n) is 23.3. The first-order valence-electron chi connectivity index (χ1n) is 42.8. The fourth-order valence-corrected chi connectivity index (χ4v) is 16.9. The van der Waals surface area contributed by atoms with Crippen LogP contribution in [0.25, 0.3) is 11.1 Å². The van der Waals surface area contributed by atoms with Crippen LogP contribution in [0.1, 0.15) is 128 Å². The number of primary amides is 1. The normalized spacial score (nSPS) is 28.3. The van der Waals surface area contributed by atoms with Gasteiger partial charge in [-0.1, -0.05) is 80.4 Å². The Morgan fingerprint density at radius 1 is 0.669 bits per heavy atom. The average Bonchev–Trinajstić information content (AvgIpc) is 0.729. The Balaban J connectivity index is 0.936. The first-order valence-corrected chi connectivity index (χ1v) is 43.5. The molecule has 11 bridgehead atoms. The SMILES string of the molecule is CCNNC(=O)[C@@H]1NC(=O)[C@H]2NC(=O)[C@H](NC(=O)[C@@H]3NC(=O)[C@@H](CC(N)=O)NC(=O)C(NC(=O)[C@@H](CC(C)C)NC)[C@H](O)c4ccc(c(Cl)c4)Oc4cc3cc(c4O[C@@H]3O[C@H](CO)[C@@H](O[C@@H]4O[C@H](CNCc5cccc(NC(=O)c6cccc(OC(F)(F)F)c6)c5)[C@H](O)[C@H](O)[C@H]4O)[C@H](O)[C@H]3O)Oc3ccc(cc3Cl)[C@H]2O[C@H]2C[C@](C)(N)[C@@H](O)[C@H](C)O2)c2ccc(O)c(c2)-c2c(O)cc(O)cc21. The standard InChI is InChI=1S/C89H102Cl2F3N13O29/c1-7-99-107-85(127)65-47-28-44(109)29-53(111)62(47)46-23-38(14-17-52(46)110)63-81(123)106-67(84(126)104-65)74(133-61-31-88(5,96)77(119)36(4)128-61)40-16-19-55(49(91)25-40)130-57-27-42-26-56(129-54-18-15-39(24-48(54)90)68(113)66(105-79(121)50(97-6)20-35(2)3)83(125)101-51(30-60(95)112)80(122)102-64(42)82(124)103-63)75(57)134-87-73(118)71(116)76(59(34-108)132-87)135-86-72(117)70(115)69(114)58(131-86)33-98-32-37-10-8-12-43(21-37)100-78(120)41-11-9-13-45(22-41)136-89(92,93)94/h8-19,21-29,35-36,50-51,58-59,61,63-74,76-77,86-87,97-99,108-111,113-119H,7,20,30-34,96H2,1-6H3,(H2,95,112)(H,100,120)(H,101,125)(H,102,122)(H,103,124)(H,104,126)(H,105,121)(H,106,123)(H,107,127)/t36-,50+,51+,58+,59+,61-,63+,64+,65+,66?,67-,68+,69-,70-,71+,72+,73+,74+,76+,77-,86-,87-,88-/m0/s1. The summed E-state index contributed by atoms with van der Waals surface area (Å²) in [6.45, 7) is 6.61. The van der Waals surface area contributed by atoms with Crippen molar-refractivity contribution in [3.8, 4) is 62.9 Å². The number of hydrazine groups is 1. The number of phenolic OH excluding ortho intramolecular Hbond substituents is 3. The summed E-state index contributed by atoms with van der Waals surface area (Å²) >= 11 is 14.6. The lowest BCUT2D eigenvalue weighted by molar-refractivity contribution is -0.350. The lowest BCUT2D eigenvalue weighted by atomic mass is 9.86. The van der Waals surface area contributed by atoms with Crippen LogP contribution in [0.5, 0.6) is 51.7 Å². The smallest absolute Gasteiger partial charge is 0.508 e. The van der Waals surface area contributed by atoms with Crippen LogP contribution in [0.3, 0.4) is 0 Å². The number of phenols is 3. The van der Waals surface area contributed by atoms with Crippen LogP contribution in [-0.4, -0.2) is 252 Å². The number of carbonyl (C=O) groups is 9. The second-order valence-electron chi connectivity index (χ2n) is 33.9. The van der Waals surface area contributed by atoms with Crippen LogP contribution in [-0.2, 0) is 68.6 Å². The molecule has 23 atom stereocenters. The quantitative estimate of drug-likeness (QED) is 0.0381. The summed E-state index contributed by atoms with van der Waals surface area (Å²) in [6.07, 6.45) is -35.2. The minimum Gasteiger partial charge on any atom is -0.508 e. The van der Waals surface area contributed by atoms with Gasteiger partial charge >= 0.3 is 6.36 Å². The molecule has 0 aliphatic carbocycles. The Hall–Kier alpha value is -11.9. The number of likely N-dealkylation sites (N-methyl/N-ethyl adjacent to an activating group) is 1. The second-order valence-corrected chi connectivity index (χ2v) is 34.7. The molecule has 15 rings (SSSR count). The van der Waals surface area contributed by atoms with E-state index in [1.54, 1.807) is 26.8 Å². The number of aliphatic hydroxyl groups is 8. The van der Waals surface area contributed by atoms with Crippen molar-refractivity contribution in [1.82, 2.24) is 53.4 Å². The maximum absolute atomic E-state index is 16.6. The maximum atomic E-state index is 16.6. The topological polar surface area (TPSA) is 644 Å². The van der Waals surface area contributed by atoms with Crippen LogP contribution >= 0.6 is 23.2 Å². The molecule has 42 nitrogen and oxygen atoms in total. The number of fused-ring (bicyclic) bond motifs is 15. The van der Waals surface area contributed by atoms with Gasteiger partial charge in [0, 0.05) is 60.0 Å². The van der Waals surface area contributed by atoms with Gasteiger partial charge in [-0.25, -0.2) is 5.43 Å². The number of benzene rings is 7. The van der Waals surface area contributed by atoms with Crippen molar-refractivity contribution in [3.05, 3.63) is 176 Å². The lowest BCUT2D eigenvalue weighted by Gasteiger charge is -2.46. The number of ether oxygens (including phenoxy) is 9. The Kier molecular flexibility index (Phi) is 31.9. The van der Waals surface area contributed by atoms with Gasteiger partial charge in [-0.15, -0.1) is 13.2 Å². The van der Waals surface area contributed by atoms with Gasteiger partial charge in [-0.2, -0.15) is 0 Å². The second kappa shape index (κ2) is 42.8. The van der Waals surface area contributed by atoms with Crippen molar-refractivity contribution >= 4 is 82.1 Å². The summed E-state index contributed by atoms with van der Waals surface area (Å²) in [5.74, 6) is -17.3. The molecule has 3 saturated heterocycles. The van der Waals surface area contributed by atoms with Gasteiger partial charge in [-0.3, -0.25) is 48.6 Å². The number of aromatic hydroxyl groups is 3. The summed E-state index contributed by atoms with van der Waals surface area (Å²) < 4.78 is 94.3. The highest BCUT2D eigenvalue weighted by molar-refractivity contribution is 6.32. The number of alkyl halides is 3. The monoisotopic (exact) mass is 1940 g/mol. The Labute approximate surface area is 782 Å². The molecule has 8 heterocycles. The highest BCUT2D eigenvalue weighted by Gasteiger charge is 2.54. The zero-order valence-corrected chi connectivity index (χ0v) is 74.7. The summed E-state index contributed by atoms with van der Waals surface area (Å²) in [5.41, 5.74) is 13.9. The number of amides is 9. The number of anilines is 1. The molecule has 8 aliphatic heterocycles. The number of hydrogen-bond acceptors (Lipinski definition) is 33. The molecule has 732 valence electrons. The number of aliphatic hydroxyl groups excluding tert-OH is 8. The third-order valence-corrected chi connectivity index (χ3v) is 23.9. The minimum absolute atomic E-state index is 0.0533. The van der Waals surface area contributed by atoms with Crippen LogP contribution in [0.2, 0.25) is 10.0 Å².